The molecule has 0 radical (unpaired) electrons. The van der Waals surface area contributed by atoms with Crippen LogP contribution in [0.4, 0.5) is 0 Å². The average molecular weight is 384 g/mol. The Labute approximate surface area is 163 Å². The fourth-order valence-electron chi connectivity index (χ4n) is 2.47. The molecule has 0 aromatic heterocycles. The first-order valence-corrected chi connectivity index (χ1v) is 9.06. The third-order valence-electron chi connectivity index (χ3n) is 4.18. The van der Waals surface area contributed by atoms with Crippen LogP contribution in [0.1, 0.15) is 63.4 Å². The standard InChI is InChI=1S/C20H33N3O2.ClH/c1-14(2)17(19(25)22-13-7-6-12-21)23-18(24)15-8-10-16(11-9-15)20(3,4)5;/h8-11,14,17H,6-7,12-13,21H2,1-5H3,(H,22,25)(H,23,24);1H. The van der Waals surface area contributed by atoms with Crippen molar-refractivity contribution in [3.05, 3.63) is 35.4 Å². The van der Waals surface area contributed by atoms with E-state index in [0.29, 0.717) is 18.7 Å². The zero-order valence-corrected chi connectivity index (χ0v) is 17.4. The quantitative estimate of drug-likeness (QED) is 0.603. The molecule has 0 aliphatic rings. The molecule has 1 rings (SSSR count). The van der Waals surface area contributed by atoms with Crippen molar-refractivity contribution in [3.63, 3.8) is 0 Å². The molecular formula is C20H34ClN3O2. The molecule has 5 nitrogen and oxygen atoms in total. The lowest BCUT2D eigenvalue weighted by Gasteiger charge is -2.22. The van der Waals surface area contributed by atoms with Gasteiger partial charge in [-0.3, -0.25) is 9.59 Å². The molecule has 6 heteroatoms. The number of hydrogen-bond acceptors (Lipinski definition) is 3. The molecule has 0 saturated carbocycles. The Kier molecular flexibility index (Phi) is 10.5. The average Bonchev–Trinajstić information content (AvgIpc) is 2.55. The summed E-state index contributed by atoms with van der Waals surface area (Å²) >= 11 is 0. The fourth-order valence-corrected chi connectivity index (χ4v) is 2.47. The summed E-state index contributed by atoms with van der Waals surface area (Å²) in [5.74, 6) is -0.366. The van der Waals surface area contributed by atoms with E-state index < -0.39 is 6.04 Å². The van der Waals surface area contributed by atoms with Crippen molar-refractivity contribution in [3.8, 4) is 0 Å². The number of hydrogen-bond donors (Lipinski definition) is 3. The van der Waals surface area contributed by atoms with Gasteiger partial charge in [-0.05, 0) is 48.4 Å². The maximum Gasteiger partial charge on any atom is 0.251 e. The Morgan fingerprint density at radius 2 is 1.65 bits per heavy atom. The van der Waals surface area contributed by atoms with E-state index >= 15 is 0 Å². The zero-order valence-electron chi connectivity index (χ0n) is 16.6. The lowest BCUT2D eigenvalue weighted by molar-refractivity contribution is -0.123. The molecule has 0 fully saturated rings. The first-order chi connectivity index (χ1) is 11.7. The summed E-state index contributed by atoms with van der Waals surface area (Å²) in [6, 6.07) is 7.00. The van der Waals surface area contributed by atoms with E-state index in [-0.39, 0.29) is 35.6 Å². The lowest BCUT2D eigenvalue weighted by atomic mass is 9.86. The minimum absolute atomic E-state index is 0. The Balaban J connectivity index is 0.00000625. The highest BCUT2D eigenvalue weighted by atomic mass is 35.5. The second-order valence-electron chi connectivity index (χ2n) is 7.81. The zero-order chi connectivity index (χ0) is 19.0. The van der Waals surface area contributed by atoms with Crippen LogP contribution in [0.15, 0.2) is 24.3 Å². The maximum atomic E-state index is 12.5. The van der Waals surface area contributed by atoms with E-state index in [9.17, 15) is 9.59 Å². The normalized spacial score (nSPS) is 12.3. The molecule has 148 valence electrons. The molecule has 0 heterocycles. The van der Waals surface area contributed by atoms with Crippen LogP contribution < -0.4 is 16.4 Å². The number of amides is 2. The maximum absolute atomic E-state index is 12.5. The first kappa shape index (κ1) is 24.4. The molecule has 1 aromatic rings. The highest BCUT2D eigenvalue weighted by molar-refractivity contribution is 5.97. The van der Waals surface area contributed by atoms with Gasteiger partial charge in [-0.2, -0.15) is 0 Å². The largest absolute Gasteiger partial charge is 0.354 e. The van der Waals surface area contributed by atoms with Gasteiger partial charge in [0.15, 0.2) is 0 Å². The first-order valence-electron chi connectivity index (χ1n) is 9.06. The minimum Gasteiger partial charge on any atom is -0.354 e. The van der Waals surface area contributed by atoms with Crippen molar-refractivity contribution in [1.29, 1.82) is 0 Å². The van der Waals surface area contributed by atoms with Crippen LogP contribution in [0.5, 0.6) is 0 Å². The molecular weight excluding hydrogens is 350 g/mol. The third kappa shape index (κ3) is 7.75. The van der Waals surface area contributed by atoms with Gasteiger partial charge in [-0.25, -0.2) is 0 Å². The van der Waals surface area contributed by atoms with Crippen molar-refractivity contribution in [1.82, 2.24) is 10.6 Å². The molecule has 0 saturated heterocycles. The summed E-state index contributed by atoms with van der Waals surface area (Å²) in [6.45, 7) is 11.4. The molecule has 1 unspecified atom stereocenters. The second kappa shape index (κ2) is 11.2. The number of unbranched alkanes of at least 4 members (excludes halogenated alkanes) is 1. The topological polar surface area (TPSA) is 84.2 Å². The summed E-state index contributed by atoms with van der Waals surface area (Å²) in [4.78, 5) is 24.8. The van der Waals surface area contributed by atoms with Crippen LogP contribution in [-0.2, 0) is 10.2 Å². The van der Waals surface area contributed by atoms with Crippen molar-refractivity contribution in [2.45, 2.75) is 58.9 Å². The predicted molar refractivity (Wildman–Crippen MR) is 110 cm³/mol. The predicted octanol–water partition coefficient (Wildman–Crippen LogP) is 3.02. The molecule has 4 N–H and O–H groups in total. The van der Waals surface area contributed by atoms with Gasteiger partial charge >= 0.3 is 0 Å². The van der Waals surface area contributed by atoms with Gasteiger partial charge in [-0.15, -0.1) is 12.4 Å². The van der Waals surface area contributed by atoms with Crippen LogP contribution in [0.25, 0.3) is 0 Å². The van der Waals surface area contributed by atoms with E-state index in [1.54, 1.807) is 0 Å². The SMILES string of the molecule is CC(C)C(NC(=O)c1ccc(C(C)(C)C)cc1)C(=O)NCCCCN.Cl. The van der Waals surface area contributed by atoms with Crippen molar-refractivity contribution in [2.75, 3.05) is 13.1 Å². The van der Waals surface area contributed by atoms with Gasteiger partial charge in [-0.1, -0.05) is 46.8 Å². The molecule has 0 bridgehead atoms. The number of nitrogens with one attached hydrogen (secondary N) is 2. The van der Waals surface area contributed by atoms with Gasteiger partial charge in [0, 0.05) is 12.1 Å². The Morgan fingerprint density at radius 3 is 2.12 bits per heavy atom. The molecule has 0 spiro atoms. The highest BCUT2D eigenvalue weighted by Crippen LogP contribution is 2.22. The molecule has 0 aliphatic heterocycles. The van der Waals surface area contributed by atoms with Crippen molar-refractivity contribution < 1.29 is 9.59 Å². The van der Waals surface area contributed by atoms with Gasteiger partial charge in [0.1, 0.15) is 6.04 Å². The molecule has 1 aromatic carbocycles. The van der Waals surface area contributed by atoms with Crippen LogP contribution in [0.3, 0.4) is 0 Å². The number of nitrogens with two attached hydrogens (primary N) is 1. The Morgan fingerprint density at radius 1 is 1.08 bits per heavy atom. The number of rotatable bonds is 8. The summed E-state index contributed by atoms with van der Waals surface area (Å²) in [6.07, 6.45) is 1.72. The van der Waals surface area contributed by atoms with Crippen LogP contribution in [0, 0.1) is 5.92 Å². The van der Waals surface area contributed by atoms with Crippen molar-refractivity contribution >= 4 is 24.2 Å². The lowest BCUT2D eigenvalue weighted by Crippen LogP contribution is -2.49. The number of carbonyl (C=O) groups is 2. The van der Waals surface area contributed by atoms with Gasteiger partial charge in [0.05, 0.1) is 0 Å². The summed E-state index contributed by atoms with van der Waals surface area (Å²) in [5.41, 5.74) is 7.22. The van der Waals surface area contributed by atoms with Gasteiger partial charge in [0.2, 0.25) is 5.91 Å². The molecule has 0 aliphatic carbocycles. The van der Waals surface area contributed by atoms with E-state index in [2.05, 4.69) is 31.4 Å². The number of carbonyl (C=O) groups excluding carboxylic acids is 2. The van der Waals surface area contributed by atoms with Crippen LogP contribution >= 0.6 is 12.4 Å². The molecule has 26 heavy (non-hydrogen) atoms. The fraction of sp³-hybridized carbons (Fsp3) is 0.600. The molecule has 1 atom stereocenters. The third-order valence-corrected chi connectivity index (χ3v) is 4.18. The van der Waals surface area contributed by atoms with E-state index in [1.165, 1.54) is 5.56 Å². The minimum atomic E-state index is -0.548. The summed E-state index contributed by atoms with van der Waals surface area (Å²) in [5, 5.41) is 5.73. The molecule has 2 amide bonds. The monoisotopic (exact) mass is 383 g/mol. The van der Waals surface area contributed by atoms with E-state index in [0.717, 1.165) is 12.8 Å². The smallest absolute Gasteiger partial charge is 0.251 e. The second-order valence-corrected chi connectivity index (χ2v) is 7.81. The van der Waals surface area contributed by atoms with E-state index in [1.807, 2.05) is 38.1 Å². The Bertz CT molecular complexity index is 565. The van der Waals surface area contributed by atoms with Gasteiger partial charge < -0.3 is 16.4 Å². The highest BCUT2D eigenvalue weighted by Gasteiger charge is 2.24. The van der Waals surface area contributed by atoms with Crippen molar-refractivity contribution in [2.24, 2.45) is 11.7 Å². The summed E-state index contributed by atoms with van der Waals surface area (Å²) in [7, 11) is 0. The number of benzene rings is 1. The summed E-state index contributed by atoms with van der Waals surface area (Å²) < 4.78 is 0. The van der Waals surface area contributed by atoms with Gasteiger partial charge in [0.25, 0.3) is 5.91 Å². The van der Waals surface area contributed by atoms with Crippen LogP contribution in [0.2, 0.25) is 0 Å². The Hall–Kier alpha value is -1.59. The number of halogens is 1. The van der Waals surface area contributed by atoms with E-state index in [4.69, 9.17) is 5.73 Å². The van der Waals surface area contributed by atoms with Crippen LogP contribution in [-0.4, -0.2) is 30.9 Å².